The number of rotatable bonds is 7. The van der Waals surface area contributed by atoms with Crippen LogP contribution in [-0.4, -0.2) is 20.7 Å². The van der Waals surface area contributed by atoms with E-state index in [-0.39, 0.29) is 0 Å². The molecule has 1 N–H and O–H groups in total. The van der Waals surface area contributed by atoms with E-state index in [9.17, 15) is 0 Å². The Hall–Kier alpha value is -1.02. The minimum atomic E-state index is 0.600. The highest BCUT2D eigenvalue weighted by Gasteiger charge is 2.32. The Morgan fingerprint density at radius 3 is 2.37 bits per heavy atom. The predicted molar refractivity (Wildman–Crippen MR) is 80.8 cm³/mol. The van der Waals surface area contributed by atoms with Crippen LogP contribution in [0.25, 0.3) is 0 Å². The van der Waals surface area contributed by atoms with Crippen LogP contribution >= 0.6 is 0 Å². The molecule has 0 spiro atoms. The maximum atomic E-state index is 5.21. The van der Waals surface area contributed by atoms with Gasteiger partial charge in [0.25, 0.3) is 0 Å². The van der Waals surface area contributed by atoms with Gasteiger partial charge in [-0.2, -0.15) is 0 Å². The summed E-state index contributed by atoms with van der Waals surface area (Å²) in [5.41, 5.74) is 2.04. The topological polar surface area (TPSA) is 21.3 Å². The third kappa shape index (κ3) is 3.97. The summed E-state index contributed by atoms with van der Waals surface area (Å²) in [6.45, 7) is 1.16. The molecule has 0 aromatic heterocycles. The minimum Gasteiger partial charge on any atom is -0.497 e. The largest absolute Gasteiger partial charge is 0.497 e. The van der Waals surface area contributed by atoms with E-state index < -0.39 is 0 Å². The molecule has 0 radical (unpaired) electrons. The Morgan fingerprint density at radius 1 is 1.11 bits per heavy atom. The number of hydrogen-bond acceptors (Lipinski definition) is 2. The average Bonchev–Trinajstić information content (AvgIpc) is 2.93. The molecule has 0 unspecified atom stereocenters. The zero-order chi connectivity index (χ0) is 13.6. The minimum absolute atomic E-state index is 0.600. The van der Waals surface area contributed by atoms with Crippen LogP contribution in [0.5, 0.6) is 5.75 Å². The van der Waals surface area contributed by atoms with Gasteiger partial charge in [0.05, 0.1) is 7.11 Å². The van der Waals surface area contributed by atoms with Crippen LogP contribution in [-0.2, 0) is 6.42 Å². The summed E-state index contributed by atoms with van der Waals surface area (Å²) in [4.78, 5) is 0. The normalized spacial score (nSPS) is 17.6. The quantitative estimate of drug-likeness (QED) is 0.806. The monoisotopic (exact) mass is 261 g/mol. The summed E-state index contributed by atoms with van der Waals surface area (Å²) in [5.74, 6) is 0.953. The first-order valence-corrected chi connectivity index (χ1v) is 7.56. The van der Waals surface area contributed by atoms with Crippen molar-refractivity contribution in [3.8, 4) is 5.75 Å². The molecule has 1 aliphatic rings. The predicted octanol–water partition coefficient (Wildman–Crippen LogP) is 3.80. The van der Waals surface area contributed by atoms with Crippen LogP contribution < -0.4 is 10.1 Å². The van der Waals surface area contributed by atoms with E-state index >= 15 is 0 Å². The lowest BCUT2D eigenvalue weighted by Crippen LogP contribution is -2.23. The molecule has 0 aliphatic heterocycles. The van der Waals surface area contributed by atoms with Gasteiger partial charge in [0.1, 0.15) is 5.75 Å². The Bertz CT molecular complexity index is 365. The molecule has 1 aromatic rings. The Kier molecular flexibility index (Phi) is 5.26. The van der Waals surface area contributed by atoms with E-state index in [1.54, 1.807) is 7.11 Å². The summed E-state index contributed by atoms with van der Waals surface area (Å²) in [7, 11) is 3.78. The van der Waals surface area contributed by atoms with Gasteiger partial charge in [-0.3, -0.25) is 0 Å². The first kappa shape index (κ1) is 14.4. The lowest BCUT2D eigenvalue weighted by Gasteiger charge is -2.29. The Labute approximate surface area is 117 Å². The molecular formula is C17H27NO. The molecule has 2 rings (SSSR count). The van der Waals surface area contributed by atoms with Crippen molar-refractivity contribution in [1.82, 2.24) is 5.32 Å². The van der Waals surface area contributed by atoms with Gasteiger partial charge in [0.15, 0.2) is 0 Å². The zero-order valence-electron chi connectivity index (χ0n) is 12.4. The second-order valence-electron chi connectivity index (χ2n) is 5.91. The molecule has 0 bridgehead atoms. The van der Waals surface area contributed by atoms with Gasteiger partial charge in [0, 0.05) is 0 Å². The van der Waals surface area contributed by atoms with Gasteiger partial charge in [0.2, 0.25) is 0 Å². The fourth-order valence-electron chi connectivity index (χ4n) is 3.34. The highest BCUT2D eigenvalue weighted by Crippen LogP contribution is 2.44. The number of nitrogens with one attached hydrogen (secondary N) is 1. The lowest BCUT2D eigenvalue weighted by molar-refractivity contribution is 0.247. The number of methoxy groups -OCH3 is 1. The maximum Gasteiger partial charge on any atom is 0.118 e. The number of benzene rings is 1. The van der Waals surface area contributed by atoms with E-state index in [2.05, 4.69) is 36.6 Å². The maximum absolute atomic E-state index is 5.21. The van der Waals surface area contributed by atoms with Gasteiger partial charge in [-0.15, -0.1) is 0 Å². The molecular weight excluding hydrogens is 234 g/mol. The van der Waals surface area contributed by atoms with Crippen molar-refractivity contribution < 1.29 is 4.74 Å². The number of aryl methyl sites for hydroxylation is 1. The second-order valence-corrected chi connectivity index (χ2v) is 5.91. The van der Waals surface area contributed by atoms with Crippen molar-refractivity contribution in [2.24, 2.45) is 5.41 Å². The van der Waals surface area contributed by atoms with Crippen molar-refractivity contribution in [2.75, 3.05) is 20.7 Å². The highest BCUT2D eigenvalue weighted by molar-refractivity contribution is 5.27. The van der Waals surface area contributed by atoms with E-state index in [1.807, 2.05) is 0 Å². The molecule has 19 heavy (non-hydrogen) atoms. The van der Waals surface area contributed by atoms with Crippen LogP contribution in [0.15, 0.2) is 24.3 Å². The van der Waals surface area contributed by atoms with E-state index in [0.717, 1.165) is 12.3 Å². The van der Waals surface area contributed by atoms with E-state index in [0.29, 0.717) is 5.41 Å². The van der Waals surface area contributed by atoms with Crippen molar-refractivity contribution >= 4 is 0 Å². The molecule has 0 heterocycles. The van der Waals surface area contributed by atoms with E-state index in [4.69, 9.17) is 4.74 Å². The fraction of sp³-hybridized carbons (Fsp3) is 0.647. The van der Waals surface area contributed by atoms with Crippen molar-refractivity contribution in [3.05, 3.63) is 29.8 Å². The lowest BCUT2D eigenvalue weighted by atomic mass is 9.77. The standard InChI is InChI=1S/C17H27NO/c1-18-14-13-17(10-3-4-11-17)12-9-15-5-7-16(19-2)8-6-15/h5-8,18H,3-4,9-14H2,1-2H3. The highest BCUT2D eigenvalue weighted by atomic mass is 16.5. The van der Waals surface area contributed by atoms with Gasteiger partial charge in [-0.25, -0.2) is 0 Å². The Morgan fingerprint density at radius 2 is 1.79 bits per heavy atom. The molecule has 2 nitrogen and oxygen atoms in total. The van der Waals surface area contributed by atoms with Crippen molar-refractivity contribution in [3.63, 3.8) is 0 Å². The van der Waals surface area contributed by atoms with Crippen LogP contribution in [0.3, 0.4) is 0 Å². The molecule has 1 saturated carbocycles. The van der Waals surface area contributed by atoms with Gasteiger partial charge in [-0.05, 0) is 68.8 Å². The fourth-order valence-corrected chi connectivity index (χ4v) is 3.34. The van der Waals surface area contributed by atoms with Crippen LogP contribution in [0, 0.1) is 5.41 Å². The molecule has 2 heteroatoms. The third-order valence-electron chi connectivity index (χ3n) is 4.67. The van der Waals surface area contributed by atoms with Crippen molar-refractivity contribution in [1.29, 1.82) is 0 Å². The number of ether oxygens (including phenoxy) is 1. The zero-order valence-corrected chi connectivity index (χ0v) is 12.4. The molecule has 0 amide bonds. The van der Waals surface area contributed by atoms with Crippen molar-refractivity contribution in [2.45, 2.75) is 44.9 Å². The molecule has 1 aliphatic carbocycles. The van der Waals surface area contributed by atoms with Gasteiger partial charge in [-0.1, -0.05) is 25.0 Å². The molecule has 1 aromatic carbocycles. The van der Waals surface area contributed by atoms with Crippen LogP contribution in [0.1, 0.15) is 44.1 Å². The summed E-state index contributed by atoms with van der Waals surface area (Å²) in [6.07, 6.45) is 9.56. The van der Waals surface area contributed by atoms with E-state index in [1.165, 1.54) is 50.5 Å². The summed E-state index contributed by atoms with van der Waals surface area (Å²) in [6, 6.07) is 8.56. The summed E-state index contributed by atoms with van der Waals surface area (Å²) >= 11 is 0. The SMILES string of the molecule is CNCCC1(CCc2ccc(OC)cc2)CCCC1. The van der Waals surface area contributed by atoms with Crippen LogP contribution in [0.4, 0.5) is 0 Å². The smallest absolute Gasteiger partial charge is 0.118 e. The molecule has 1 fully saturated rings. The second kappa shape index (κ2) is 6.95. The summed E-state index contributed by atoms with van der Waals surface area (Å²) in [5, 5.41) is 3.32. The molecule has 0 saturated heterocycles. The van der Waals surface area contributed by atoms with Crippen LogP contribution in [0.2, 0.25) is 0 Å². The number of hydrogen-bond donors (Lipinski definition) is 1. The summed E-state index contributed by atoms with van der Waals surface area (Å²) < 4.78 is 5.21. The van der Waals surface area contributed by atoms with Gasteiger partial charge >= 0.3 is 0 Å². The first-order chi connectivity index (χ1) is 9.28. The molecule has 106 valence electrons. The third-order valence-corrected chi connectivity index (χ3v) is 4.67. The van der Waals surface area contributed by atoms with Gasteiger partial charge < -0.3 is 10.1 Å². The average molecular weight is 261 g/mol. The molecule has 0 atom stereocenters. The first-order valence-electron chi connectivity index (χ1n) is 7.56. The Balaban J connectivity index is 1.90.